The molecule has 0 atom stereocenters. The minimum absolute atomic E-state index is 0.0679. The third-order valence-electron chi connectivity index (χ3n) is 2.46. The standard InChI is InChI=1S/C11H9ClF3N3/c1-7-4-2-3-5-8(7)18-9(6-12)16-17-10(18)11(13,14)15/h2-5H,6H2,1H3. The summed E-state index contributed by atoms with van der Waals surface area (Å²) in [6, 6.07) is 6.69. The zero-order valence-corrected chi connectivity index (χ0v) is 10.1. The zero-order chi connectivity index (χ0) is 13.3. The van der Waals surface area contributed by atoms with Crippen molar-refractivity contribution in [2.24, 2.45) is 0 Å². The molecule has 96 valence electrons. The van der Waals surface area contributed by atoms with E-state index in [1.807, 2.05) is 0 Å². The zero-order valence-electron chi connectivity index (χ0n) is 9.37. The van der Waals surface area contributed by atoms with Gasteiger partial charge in [0.1, 0.15) is 0 Å². The number of rotatable bonds is 2. The Bertz CT molecular complexity index is 563. The van der Waals surface area contributed by atoms with Gasteiger partial charge in [0.25, 0.3) is 0 Å². The molecule has 0 aliphatic heterocycles. The second-order valence-electron chi connectivity index (χ2n) is 3.69. The highest BCUT2D eigenvalue weighted by molar-refractivity contribution is 6.16. The van der Waals surface area contributed by atoms with Gasteiger partial charge in [0.2, 0.25) is 5.82 Å². The minimum Gasteiger partial charge on any atom is -0.274 e. The summed E-state index contributed by atoms with van der Waals surface area (Å²) in [6.45, 7) is 1.72. The molecule has 0 spiro atoms. The summed E-state index contributed by atoms with van der Waals surface area (Å²) in [5.41, 5.74) is 1.07. The number of hydrogen-bond acceptors (Lipinski definition) is 2. The van der Waals surface area contributed by atoms with Gasteiger partial charge >= 0.3 is 6.18 Å². The van der Waals surface area contributed by atoms with Crippen LogP contribution >= 0.6 is 11.6 Å². The van der Waals surface area contributed by atoms with Crippen LogP contribution in [0.5, 0.6) is 0 Å². The Kier molecular flexibility index (Phi) is 3.30. The van der Waals surface area contributed by atoms with E-state index in [1.165, 1.54) is 0 Å². The van der Waals surface area contributed by atoms with E-state index in [2.05, 4.69) is 10.2 Å². The van der Waals surface area contributed by atoms with Crippen molar-refractivity contribution in [3.8, 4) is 5.69 Å². The molecular weight excluding hydrogens is 267 g/mol. The number of alkyl halides is 4. The van der Waals surface area contributed by atoms with Crippen LogP contribution < -0.4 is 0 Å². The fourth-order valence-electron chi connectivity index (χ4n) is 1.65. The Morgan fingerprint density at radius 3 is 2.44 bits per heavy atom. The minimum atomic E-state index is -4.57. The topological polar surface area (TPSA) is 30.7 Å². The van der Waals surface area contributed by atoms with Crippen molar-refractivity contribution in [3.63, 3.8) is 0 Å². The lowest BCUT2D eigenvalue weighted by molar-refractivity contribution is -0.146. The van der Waals surface area contributed by atoms with Crippen LogP contribution in [0.3, 0.4) is 0 Å². The molecule has 0 saturated heterocycles. The molecule has 0 N–H and O–H groups in total. The largest absolute Gasteiger partial charge is 0.452 e. The van der Waals surface area contributed by atoms with Crippen molar-refractivity contribution in [2.75, 3.05) is 0 Å². The van der Waals surface area contributed by atoms with Crippen molar-refractivity contribution < 1.29 is 13.2 Å². The Morgan fingerprint density at radius 1 is 1.22 bits per heavy atom. The van der Waals surface area contributed by atoms with E-state index in [-0.39, 0.29) is 11.7 Å². The van der Waals surface area contributed by atoms with E-state index in [9.17, 15) is 13.2 Å². The lowest BCUT2D eigenvalue weighted by Gasteiger charge is -2.13. The normalized spacial score (nSPS) is 11.8. The molecule has 0 aliphatic rings. The molecule has 1 heterocycles. The number of aryl methyl sites for hydroxylation is 1. The molecule has 0 unspecified atom stereocenters. The van der Waals surface area contributed by atoms with Crippen molar-refractivity contribution >= 4 is 11.6 Å². The van der Waals surface area contributed by atoms with Crippen LogP contribution in [0.25, 0.3) is 5.69 Å². The smallest absolute Gasteiger partial charge is 0.274 e. The third-order valence-corrected chi connectivity index (χ3v) is 2.70. The monoisotopic (exact) mass is 275 g/mol. The summed E-state index contributed by atoms with van der Waals surface area (Å²) in [7, 11) is 0. The van der Waals surface area contributed by atoms with Gasteiger partial charge in [0.05, 0.1) is 11.6 Å². The Labute approximate surface area is 106 Å². The average Bonchev–Trinajstić information content (AvgIpc) is 2.72. The number of aromatic nitrogens is 3. The number of benzene rings is 1. The van der Waals surface area contributed by atoms with Gasteiger partial charge in [-0.15, -0.1) is 21.8 Å². The van der Waals surface area contributed by atoms with Crippen LogP contribution in [0.1, 0.15) is 17.2 Å². The maximum Gasteiger partial charge on any atom is 0.452 e. The van der Waals surface area contributed by atoms with Crippen LogP contribution in [0.2, 0.25) is 0 Å². The first-order chi connectivity index (χ1) is 8.45. The summed E-state index contributed by atoms with van der Waals surface area (Å²) in [6.07, 6.45) is -4.57. The van der Waals surface area contributed by atoms with Gasteiger partial charge in [-0.1, -0.05) is 18.2 Å². The van der Waals surface area contributed by atoms with E-state index in [1.54, 1.807) is 31.2 Å². The third kappa shape index (κ3) is 2.20. The van der Waals surface area contributed by atoms with Gasteiger partial charge in [-0.2, -0.15) is 13.2 Å². The molecule has 1 aromatic carbocycles. The molecule has 7 heteroatoms. The van der Waals surface area contributed by atoms with Crippen LogP contribution in [0, 0.1) is 6.92 Å². The van der Waals surface area contributed by atoms with Gasteiger partial charge in [0, 0.05) is 0 Å². The van der Waals surface area contributed by atoms with Crippen molar-refractivity contribution in [1.82, 2.24) is 14.8 Å². The second-order valence-corrected chi connectivity index (χ2v) is 3.96. The van der Waals surface area contributed by atoms with Crippen LogP contribution in [-0.4, -0.2) is 14.8 Å². The number of halogens is 4. The highest BCUT2D eigenvalue weighted by Gasteiger charge is 2.39. The molecule has 0 aliphatic carbocycles. The van der Waals surface area contributed by atoms with Crippen LogP contribution in [-0.2, 0) is 12.1 Å². The molecule has 1 aromatic heterocycles. The van der Waals surface area contributed by atoms with Gasteiger partial charge in [-0.25, -0.2) is 0 Å². The van der Waals surface area contributed by atoms with E-state index in [0.717, 1.165) is 4.57 Å². The van der Waals surface area contributed by atoms with Gasteiger partial charge < -0.3 is 0 Å². The van der Waals surface area contributed by atoms with Crippen LogP contribution in [0.4, 0.5) is 13.2 Å². The van der Waals surface area contributed by atoms with E-state index in [4.69, 9.17) is 11.6 Å². The van der Waals surface area contributed by atoms with Crippen molar-refractivity contribution in [3.05, 3.63) is 41.5 Å². The van der Waals surface area contributed by atoms with Gasteiger partial charge in [-0.05, 0) is 18.6 Å². The predicted octanol–water partition coefficient (Wildman–Crippen LogP) is 3.33. The molecule has 0 fully saturated rings. The molecule has 2 aromatic rings. The summed E-state index contributed by atoms with van der Waals surface area (Å²) in [4.78, 5) is 0. The highest BCUT2D eigenvalue weighted by Crippen LogP contribution is 2.31. The molecular formula is C11H9ClF3N3. The molecule has 0 saturated carbocycles. The number of para-hydroxylation sites is 1. The van der Waals surface area contributed by atoms with Crippen molar-refractivity contribution in [1.29, 1.82) is 0 Å². The van der Waals surface area contributed by atoms with Gasteiger partial charge in [-0.3, -0.25) is 4.57 Å². The Balaban J connectivity index is 2.69. The fourth-order valence-corrected chi connectivity index (χ4v) is 1.83. The fraction of sp³-hybridized carbons (Fsp3) is 0.273. The lowest BCUT2D eigenvalue weighted by Crippen LogP contribution is -2.15. The predicted molar refractivity (Wildman–Crippen MR) is 60.7 cm³/mol. The SMILES string of the molecule is Cc1ccccc1-n1c(CCl)nnc1C(F)(F)F. The summed E-state index contributed by atoms with van der Waals surface area (Å²) >= 11 is 5.61. The quantitative estimate of drug-likeness (QED) is 0.787. The van der Waals surface area contributed by atoms with E-state index < -0.39 is 12.0 Å². The average molecular weight is 276 g/mol. The highest BCUT2D eigenvalue weighted by atomic mass is 35.5. The maximum absolute atomic E-state index is 12.8. The molecule has 18 heavy (non-hydrogen) atoms. The van der Waals surface area contributed by atoms with Crippen molar-refractivity contribution in [2.45, 2.75) is 19.0 Å². The lowest BCUT2D eigenvalue weighted by atomic mass is 10.2. The Hall–Kier alpha value is -1.56. The Morgan fingerprint density at radius 2 is 1.89 bits per heavy atom. The summed E-state index contributed by atoms with van der Waals surface area (Å²) < 4.78 is 39.5. The first-order valence-electron chi connectivity index (χ1n) is 5.08. The number of hydrogen-bond donors (Lipinski definition) is 0. The number of nitrogens with zero attached hydrogens (tertiary/aromatic N) is 3. The molecule has 0 amide bonds. The summed E-state index contributed by atoms with van der Waals surface area (Å²) in [5, 5.41) is 6.66. The maximum atomic E-state index is 12.8. The van der Waals surface area contributed by atoms with Crippen LogP contribution in [0.15, 0.2) is 24.3 Å². The van der Waals surface area contributed by atoms with E-state index >= 15 is 0 Å². The van der Waals surface area contributed by atoms with Gasteiger partial charge in [0.15, 0.2) is 5.82 Å². The molecule has 0 bridgehead atoms. The molecule has 2 rings (SSSR count). The first kappa shape index (κ1) is 12.9. The first-order valence-corrected chi connectivity index (χ1v) is 5.62. The molecule has 3 nitrogen and oxygen atoms in total. The van der Waals surface area contributed by atoms with E-state index in [0.29, 0.717) is 11.3 Å². The molecule has 0 radical (unpaired) electrons. The summed E-state index contributed by atoms with van der Waals surface area (Å²) in [5.74, 6) is -1.14. The second kappa shape index (κ2) is 4.61.